The molecule has 0 saturated heterocycles. The maximum Gasteiger partial charge on any atom is 0.197 e. The molecule has 0 spiro atoms. The molecule has 2 N–H and O–H groups in total. The maximum absolute atomic E-state index is 11.4. The van der Waals surface area contributed by atoms with Gasteiger partial charge in [0.25, 0.3) is 0 Å². The largest absolute Gasteiger partial charge is 0.497 e. The Morgan fingerprint density at radius 1 is 1.50 bits per heavy atom. The molecule has 14 heavy (non-hydrogen) atoms. The third-order valence-electron chi connectivity index (χ3n) is 1.72. The Balaban J connectivity index is 3.06. The van der Waals surface area contributed by atoms with Gasteiger partial charge in [-0.2, -0.15) is 0 Å². The second kappa shape index (κ2) is 4.53. The molecule has 0 unspecified atom stereocenters. The summed E-state index contributed by atoms with van der Waals surface area (Å²) in [7, 11) is 1.52. The van der Waals surface area contributed by atoms with Crippen molar-refractivity contribution in [1.29, 1.82) is 0 Å². The maximum atomic E-state index is 11.4. The van der Waals surface area contributed by atoms with Gasteiger partial charge in [0, 0.05) is 17.3 Å². The summed E-state index contributed by atoms with van der Waals surface area (Å²) in [5.41, 5.74) is 6.23. The Bertz CT molecular complexity index is 353. The molecule has 0 atom stereocenters. The number of rotatable bonds is 3. The third kappa shape index (κ3) is 2.30. The van der Waals surface area contributed by atoms with E-state index in [4.69, 9.17) is 33.7 Å². The van der Waals surface area contributed by atoms with Crippen molar-refractivity contribution in [3.63, 3.8) is 0 Å². The molecule has 0 saturated carbocycles. The molecule has 0 heterocycles. The van der Waals surface area contributed by atoms with Gasteiger partial charge in [0.2, 0.25) is 0 Å². The van der Waals surface area contributed by atoms with Crippen molar-refractivity contribution in [3.8, 4) is 5.75 Å². The summed E-state index contributed by atoms with van der Waals surface area (Å²) >= 11 is 10.9. The van der Waals surface area contributed by atoms with Gasteiger partial charge in [-0.25, -0.2) is 0 Å². The molecule has 5 heteroatoms. The minimum atomic E-state index is -1.09. The molecular formula is C9H9Cl2NO2. The number of Topliss-reactive ketones (excluding diaryl/α,β-unsaturated/α-hetero) is 1. The van der Waals surface area contributed by atoms with Crippen LogP contribution in [0.4, 0.5) is 5.69 Å². The molecule has 0 aliphatic carbocycles. The lowest BCUT2D eigenvalue weighted by atomic mass is 10.1. The number of methoxy groups -OCH3 is 1. The van der Waals surface area contributed by atoms with E-state index >= 15 is 0 Å². The highest BCUT2D eigenvalue weighted by Crippen LogP contribution is 2.22. The van der Waals surface area contributed by atoms with Crippen LogP contribution in [-0.4, -0.2) is 17.7 Å². The molecular weight excluding hydrogens is 225 g/mol. The van der Waals surface area contributed by atoms with E-state index in [1.165, 1.54) is 13.2 Å². The van der Waals surface area contributed by atoms with Crippen LogP contribution in [0.2, 0.25) is 0 Å². The van der Waals surface area contributed by atoms with E-state index in [-0.39, 0.29) is 0 Å². The van der Waals surface area contributed by atoms with Crippen LogP contribution >= 0.6 is 23.2 Å². The summed E-state index contributed by atoms with van der Waals surface area (Å²) in [6.07, 6.45) is 0. The normalized spacial score (nSPS) is 10.3. The topological polar surface area (TPSA) is 52.3 Å². The minimum Gasteiger partial charge on any atom is -0.497 e. The molecule has 0 aliphatic rings. The summed E-state index contributed by atoms with van der Waals surface area (Å²) in [6.45, 7) is 0. The smallest absolute Gasteiger partial charge is 0.197 e. The average molecular weight is 234 g/mol. The fourth-order valence-electron chi connectivity index (χ4n) is 1.01. The summed E-state index contributed by atoms with van der Waals surface area (Å²) in [5.74, 6) is 0.174. The highest BCUT2D eigenvalue weighted by atomic mass is 35.5. The first-order chi connectivity index (χ1) is 6.56. The van der Waals surface area contributed by atoms with Crippen molar-refractivity contribution in [3.05, 3.63) is 23.8 Å². The lowest BCUT2D eigenvalue weighted by Crippen LogP contribution is -2.10. The van der Waals surface area contributed by atoms with E-state index in [0.29, 0.717) is 17.0 Å². The molecule has 0 aromatic heterocycles. The van der Waals surface area contributed by atoms with Gasteiger partial charge in [-0.1, -0.05) is 23.2 Å². The van der Waals surface area contributed by atoms with Gasteiger partial charge < -0.3 is 10.5 Å². The van der Waals surface area contributed by atoms with E-state index in [2.05, 4.69) is 0 Å². The van der Waals surface area contributed by atoms with Crippen LogP contribution in [0.5, 0.6) is 5.75 Å². The lowest BCUT2D eigenvalue weighted by Gasteiger charge is -2.06. The van der Waals surface area contributed by atoms with Gasteiger partial charge in [-0.15, -0.1) is 0 Å². The Kier molecular flexibility index (Phi) is 3.61. The van der Waals surface area contributed by atoms with E-state index < -0.39 is 10.6 Å². The van der Waals surface area contributed by atoms with Crippen LogP contribution in [0.25, 0.3) is 0 Å². The molecule has 76 valence electrons. The van der Waals surface area contributed by atoms with E-state index in [0.717, 1.165) is 0 Å². The van der Waals surface area contributed by atoms with Gasteiger partial charge in [0.1, 0.15) is 5.75 Å². The SMILES string of the molecule is COc1ccc(C(=O)C(Cl)Cl)c(N)c1. The number of carbonyl (C=O) groups is 1. The second-order valence-electron chi connectivity index (χ2n) is 2.62. The van der Waals surface area contributed by atoms with Crippen molar-refractivity contribution in [2.24, 2.45) is 0 Å². The van der Waals surface area contributed by atoms with Crippen LogP contribution < -0.4 is 10.5 Å². The van der Waals surface area contributed by atoms with Crippen molar-refractivity contribution < 1.29 is 9.53 Å². The number of ketones is 1. The van der Waals surface area contributed by atoms with Crippen molar-refractivity contribution in [2.75, 3.05) is 12.8 Å². The number of benzene rings is 1. The van der Waals surface area contributed by atoms with Gasteiger partial charge >= 0.3 is 0 Å². The van der Waals surface area contributed by atoms with Gasteiger partial charge in [0.05, 0.1) is 7.11 Å². The van der Waals surface area contributed by atoms with Crippen molar-refractivity contribution >= 4 is 34.7 Å². The first-order valence-corrected chi connectivity index (χ1v) is 4.69. The quantitative estimate of drug-likeness (QED) is 0.495. The Labute approximate surface area is 91.7 Å². The van der Waals surface area contributed by atoms with Crippen molar-refractivity contribution in [2.45, 2.75) is 4.84 Å². The van der Waals surface area contributed by atoms with Crippen molar-refractivity contribution in [1.82, 2.24) is 0 Å². The fraction of sp³-hybridized carbons (Fsp3) is 0.222. The number of anilines is 1. The summed E-state index contributed by atoms with van der Waals surface area (Å²) in [4.78, 5) is 10.3. The highest BCUT2D eigenvalue weighted by molar-refractivity contribution is 6.55. The number of nitrogens with two attached hydrogens (primary N) is 1. The minimum absolute atomic E-state index is 0.306. The molecule has 0 bridgehead atoms. The highest BCUT2D eigenvalue weighted by Gasteiger charge is 2.17. The first kappa shape index (κ1) is 11.1. The zero-order valence-corrected chi connectivity index (χ0v) is 8.97. The van der Waals surface area contributed by atoms with E-state index in [9.17, 15) is 4.79 Å². The molecule has 1 aromatic carbocycles. The van der Waals surface area contributed by atoms with E-state index in [1.807, 2.05) is 0 Å². The zero-order chi connectivity index (χ0) is 10.7. The predicted octanol–water partition coefficient (Wildman–Crippen LogP) is 2.26. The molecule has 1 rings (SSSR count). The molecule has 1 aromatic rings. The molecule has 3 nitrogen and oxygen atoms in total. The number of alkyl halides is 2. The number of ether oxygens (including phenoxy) is 1. The average Bonchev–Trinajstić information content (AvgIpc) is 2.16. The van der Waals surface area contributed by atoms with Gasteiger partial charge in [0.15, 0.2) is 10.6 Å². The summed E-state index contributed by atoms with van der Waals surface area (Å²) in [5, 5.41) is 0. The Morgan fingerprint density at radius 2 is 2.14 bits per heavy atom. The fourth-order valence-corrected chi connectivity index (χ4v) is 1.24. The van der Waals surface area contributed by atoms with Crippen LogP contribution in [0.15, 0.2) is 18.2 Å². The lowest BCUT2D eigenvalue weighted by molar-refractivity contribution is 0.101. The predicted molar refractivity (Wildman–Crippen MR) is 57.2 cm³/mol. The first-order valence-electron chi connectivity index (χ1n) is 3.82. The van der Waals surface area contributed by atoms with Crippen LogP contribution in [-0.2, 0) is 0 Å². The number of hydrogen-bond donors (Lipinski definition) is 1. The number of carbonyl (C=O) groups excluding carboxylic acids is 1. The molecule has 0 radical (unpaired) electrons. The molecule has 0 aliphatic heterocycles. The second-order valence-corrected chi connectivity index (χ2v) is 3.71. The Morgan fingerprint density at radius 3 is 2.57 bits per heavy atom. The number of nitrogen functional groups attached to an aromatic ring is 1. The van der Waals surface area contributed by atoms with Gasteiger partial charge in [-0.3, -0.25) is 4.79 Å². The van der Waals surface area contributed by atoms with Crippen LogP contribution in [0.3, 0.4) is 0 Å². The number of halogens is 2. The van der Waals surface area contributed by atoms with E-state index in [1.54, 1.807) is 12.1 Å². The standard InChI is InChI=1S/C9H9Cl2NO2/c1-14-5-2-3-6(7(12)4-5)8(13)9(10)11/h2-4,9H,12H2,1H3. The zero-order valence-electron chi connectivity index (χ0n) is 7.46. The number of hydrogen-bond acceptors (Lipinski definition) is 3. The molecule has 0 fully saturated rings. The van der Waals surface area contributed by atoms with Crippen LogP contribution in [0, 0.1) is 0 Å². The summed E-state index contributed by atoms with van der Waals surface area (Å²) in [6, 6.07) is 4.71. The van der Waals surface area contributed by atoms with Gasteiger partial charge in [-0.05, 0) is 12.1 Å². The Hall–Kier alpha value is -0.930. The molecule has 0 amide bonds. The monoisotopic (exact) mass is 233 g/mol. The summed E-state index contributed by atoms with van der Waals surface area (Å²) < 4.78 is 4.93. The van der Waals surface area contributed by atoms with Crippen LogP contribution in [0.1, 0.15) is 10.4 Å². The third-order valence-corrected chi connectivity index (χ3v) is 2.12.